The van der Waals surface area contributed by atoms with Gasteiger partial charge in [0.05, 0.1) is 6.42 Å². The van der Waals surface area contributed by atoms with Gasteiger partial charge in [0.15, 0.2) is 0 Å². The van der Waals surface area contributed by atoms with Gasteiger partial charge in [0.1, 0.15) is 0 Å². The second-order valence-corrected chi connectivity index (χ2v) is 6.08. The average molecular weight is 306 g/mol. The Hall–Kier alpha value is -2.42. The molecule has 3 rings (SSSR count). The standard InChI is InChI=1S/C20H22N2O/c1-16-7-8-19(15-21-16)14-20(23)22-11-9-18(10-12-22)13-17-5-3-2-4-6-17/h2-8,13,15H,9-12,14H2,1H3. The fraction of sp³-hybridized carbons (Fsp3) is 0.300. The van der Waals surface area contributed by atoms with E-state index in [1.807, 2.05) is 30.0 Å². The van der Waals surface area contributed by atoms with Gasteiger partial charge in [-0.3, -0.25) is 9.78 Å². The predicted octanol–water partition coefficient (Wildman–Crippen LogP) is 3.64. The minimum Gasteiger partial charge on any atom is -0.342 e. The Morgan fingerprint density at radius 2 is 1.87 bits per heavy atom. The maximum Gasteiger partial charge on any atom is 0.227 e. The normalized spacial score (nSPS) is 14.7. The van der Waals surface area contributed by atoms with Gasteiger partial charge in [0.2, 0.25) is 5.91 Å². The van der Waals surface area contributed by atoms with Crippen LogP contribution in [0.1, 0.15) is 29.7 Å². The van der Waals surface area contributed by atoms with E-state index in [4.69, 9.17) is 0 Å². The van der Waals surface area contributed by atoms with Crippen molar-refractivity contribution in [3.05, 3.63) is 71.1 Å². The lowest BCUT2D eigenvalue weighted by atomic mass is 10.0. The van der Waals surface area contributed by atoms with Crippen LogP contribution in [-0.4, -0.2) is 28.9 Å². The van der Waals surface area contributed by atoms with Crippen molar-refractivity contribution >= 4 is 12.0 Å². The van der Waals surface area contributed by atoms with Gasteiger partial charge in [-0.25, -0.2) is 0 Å². The monoisotopic (exact) mass is 306 g/mol. The SMILES string of the molecule is Cc1ccc(CC(=O)N2CCC(=Cc3ccccc3)CC2)cn1. The second-order valence-electron chi connectivity index (χ2n) is 6.08. The molecule has 3 nitrogen and oxygen atoms in total. The number of benzene rings is 1. The van der Waals surface area contributed by atoms with Gasteiger partial charge < -0.3 is 4.90 Å². The van der Waals surface area contributed by atoms with Crippen molar-refractivity contribution in [2.45, 2.75) is 26.2 Å². The number of aromatic nitrogens is 1. The van der Waals surface area contributed by atoms with Crippen LogP contribution in [-0.2, 0) is 11.2 Å². The van der Waals surface area contributed by atoms with Gasteiger partial charge in [-0.15, -0.1) is 0 Å². The van der Waals surface area contributed by atoms with Crippen LogP contribution in [0, 0.1) is 6.92 Å². The summed E-state index contributed by atoms with van der Waals surface area (Å²) in [6.07, 6.45) is 6.44. The third kappa shape index (κ3) is 4.28. The van der Waals surface area contributed by atoms with Gasteiger partial charge in [-0.05, 0) is 37.0 Å². The highest BCUT2D eigenvalue weighted by atomic mass is 16.2. The fourth-order valence-corrected chi connectivity index (χ4v) is 2.86. The molecule has 118 valence electrons. The number of aryl methyl sites for hydroxylation is 1. The van der Waals surface area contributed by atoms with Gasteiger partial charge in [-0.1, -0.05) is 48.0 Å². The van der Waals surface area contributed by atoms with Crippen LogP contribution in [0.3, 0.4) is 0 Å². The molecule has 1 aliphatic rings. The first kappa shape index (κ1) is 15.5. The average Bonchev–Trinajstić information content (AvgIpc) is 2.58. The van der Waals surface area contributed by atoms with Gasteiger partial charge in [0, 0.05) is 25.0 Å². The molecule has 0 bridgehead atoms. The highest BCUT2D eigenvalue weighted by Crippen LogP contribution is 2.20. The van der Waals surface area contributed by atoms with E-state index < -0.39 is 0 Å². The molecule has 0 spiro atoms. The number of likely N-dealkylation sites (tertiary alicyclic amines) is 1. The van der Waals surface area contributed by atoms with Crippen molar-refractivity contribution in [2.75, 3.05) is 13.1 Å². The Labute approximate surface area is 137 Å². The minimum absolute atomic E-state index is 0.203. The first-order valence-corrected chi connectivity index (χ1v) is 8.14. The number of amides is 1. The number of piperidine rings is 1. The van der Waals surface area contributed by atoms with Gasteiger partial charge in [-0.2, -0.15) is 0 Å². The first-order valence-electron chi connectivity index (χ1n) is 8.14. The van der Waals surface area contributed by atoms with E-state index in [9.17, 15) is 4.79 Å². The molecule has 0 radical (unpaired) electrons. The Kier molecular flexibility index (Phi) is 4.86. The van der Waals surface area contributed by atoms with Crippen LogP contribution >= 0.6 is 0 Å². The van der Waals surface area contributed by atoms with Crippen molar-refractivity contribution in [3.8, 4) is 0 Å². The topological polar surface area (TPSA) is 33.2 Å². The molecule has 0 atom stereocenters. The summed E-state index contributed by atoms with van der Waals surface area (Å²) in [6, 6.07) is 14.3. The van der Waals surface area contributed by atoms with Crippen LogP contribution in [0.25, 0.3) is 6.08 Å². The first-order chi connectivity index (χ1) is 11.2. The zero-order chi connectivity index (χ0) is 16.1. The lowest BCUT2D eigenvalue weighted by Crippen LogP contribution is -2.37. The molecular formula is C20H22N2O. The van der Waals surface area contributed by atoms with E-state index in [2.05, 4.69) is 35.3 Å². The fourth-order valence-electron chi connectivity index (χ4n) is 2.86. The lowest BCUT2D eigenvalue weighted by molar-refractivity contribution is -0.130. The van der Waals surface area contributed by atoms with Crippen LogP contribution in [0.15, 0.2) is 54.2 Å². The smallest absolute Gasteiger partial charge is 0.227 e. The summed E-state index contributed by atoms with van der Waals surface area (Å²) < 4.78 is 0. The molecule has 0 unspecified atom stereocenters. The molecule has 0 N–H and O–H groups in total. The molecule has 1 fully saturated rings. The third-order valence-electron chi connectivity index (χ3n) is 4.26. The zero-order valence-corrected chi connectivity index (χ0v) is 13.5. The Balaban J connectivity index is 1.55. The highest BCUT2D eigenvalue weighted by molar-refractivity contribution is 5.79. The molecule has 23 heavy (non-hydrogen) atoms. The minimum atomic E-state index is 0.203. The molecular weight excluding hydrogens is 284 g/mol. The molecule has 2 heterocycles. The number of carbonyl (C=O) groups is 1. The van der Waals surface area contributed by atoms with E-state index >= 15 is 0 Å². The van der Waals surface area contributed by atoms with Crippen LogP contribution in [0.4, 0.5) is 0 Å². The molecule has 2 aromatic rings. The summed E-state index contributed by atoms with van der Waals surface area (Å²) in [7, 11) is 0. The number of rotatable bonds is 3. The van der Waals surface area contributed by atoms with E-state index in [-0.39, 0.29) is 5.91 Å². The maximum atomic E-state index is 12.4. The van der Waals surface area contributed by atoms with E-state index in [1.54, 1.807) is 6.20 Å². The Morgan fingerprint density at radius 3 is 2.52 bits per heavy atom. The number of pyridine rings is 1. The van der Waals surface area contributed by atoms with E-state index in [0.717, 1.165) is 37.2 Å². The molecule has 3 heteroatoms. The van der Waals surface area contributed by atoms with E-state index in [1.165, 1.54) is 11.1 Å². The van der Waals surface area contributed by atoms with Crippen LogP contribution in [0.2, 0.25) is 0 Å². The number of hydrogen-bond donors (Lipinski definition) is 0. The van der Waals surface area contributed by atoms with Crippen molar-refractivity contribution < 1.29 is 4.79 Å². The predicted molar refractivity (Wildman–Crippen MR) is 92.9 cm³/mol. The van der Waals surface area contributed by atoms with Crippen molar-refractivity contribution in [3.63, 3.8) is 0 Å². The summed E-state index contributed by atoms with van der Waals surface area (Å²) in [4.78, 5) is 18.6. The summed E-state index contributed by atoms with van der Waals surface area (Å²) in [6.45, 7) is 3.59. The molecule has 0 aliphatic carbocycles. The highest BCUT2D eigenvalue weighted by Gasteiger charge is 2.19. The van der Waals surface area contributed by atoms with Crippen LogP contribution in [0.5, 0.6) is 0 Å². The number of hydrogen-bond acceptors (Lipinski definition) is 2. The molecule has 1 aromatic heterocycles. The summed E-state index contributed by atoms with van der Waals surface area (Å²) in [5, 5.41) is 0. The van der Waals surface area contributed by atoms with Crippen molar-refractivity contribution in [1.29, 1.82) is 0 Å². The molecule has 0 saturated carbocycles. The van der Waals surface area contributed by atoms with Crippen LogP contribution < -0.4 is 0 Å². The third-order valence-corrected chi connectivity index (χ3v) is 4.26. The molecule has 1 aromatic carbocycles. The Morgan fingerprint density at radius 1 is 1.13 bits per heavy atom. The van der Waals surface area contributed by atoms with Crippen molar-refractivity contribution in [1.82, 2.24) is 9.88 Å². The number of carbonyl (C=O) groups excluding carboxylic acids is 1. The summed E-state index contributed by atoms with van der Waals surface area (Å²) in [5.74, 6) is 0.203. The molecule has 1 saturated heterocycles. The zero-order valence-electron chi connectivity index (χ0n) is 13.5. The summed E-state index contributed by atoms with van der Waals surface area (Å²) >= 11 is 0. The lowest BCUT2D eigenvalue weighted by Gasteiger charge is -2.28. The Bertz CT molecular complexity index is 679. The maximum absolute atomic E-state index is 12.4. The van der Waals surface area contributed by atoms with Crippen molar-refractivity contribution in [2.24, 2.45) is 0 Å². The van der Waals surface area contributed by atoms with Gasteiger partial charge >= 0.3 is 0 Å². The second kappa shape index (κ2) is 7.23. The largest absolute Gasteiger partial charge is 0.342 e. The summed E-state index contributed by atoms with van der Waals surface area (Å²) in [5.41, 5.74) is 4.64. The van der Waals surface area contributed by atoms with Gasteiger partial charge in [0.25, 0.3) is 0 Å². The molecule has 1 amide bonds. The molecule has 1 aliphatic heterocycles. The quantitative estimate of drug-likeness (QED) is 0.867. The number of nitrogens with zero attached hydrogens (tertiary/aromatic N) is 2. The van der Waals surface area contributed by atoms with E-state index in [0.29, 0.717) is 6.42 Å².